The lowest BCUT2D eigenvalue weighted by Crippen LogP contribution is -2.15. The molecule has 0 N–H and O–H groups in total. The Morgan fingerprint density at radius 1 is 0.783 bits per heavy atom. The van der Waals surface area contributed by atoms with Crippen LogP contribution in [0.1, 0.15) is 111 Å². The van der Waals surface area contributed by atoms with E-state index in [9.17, 15) is 4.79 Å². The zero-order chi connectivity index (χ0) is 17.3. The molecule has 138 valence electrons. The van der Waals surface area contributed by atoms with Crippen LogP contribution in [0.5, 0.6) is 0 Å². The number of ether oxygens (including phenoxy) is 1. The Bertz CT molecular complexity index is 263. The summed E-state index contributed by atoms with van der Waals surface area (Å²) in [5.41, 5.74) is 0. The van der Waals surface area contributed by atoms with Gasteiger partial charge in [0.1, 0.15) is 0 Å². The van der Waals surface area contributed by atoms with Gasteiger partial charge < -0.3 is 4.74 Å². The van der Waals surface area contributed by atoms with Crippen LogP contribution in [0.4, 0.5) is 0 Å². The van der Waals surface area contributed by atoms with E-state index in [0.717, 1.165) is 25.2 Å². The lowest BCUT2D eigenvalue weighted by molar-refractivity contribution is -0.148. The van der Waals surface area contributed by atoms with Gasteiger partial charge in [-0.1, -0.05) is 98.3 Å². The third kappa shape index (κ3) is 14.8. The highest BCUT2D eigenvalue weighted by Crippen LogP contribution is 2.15. The molecule has 0 saturated heterocycles. The fraction of sp³-hybridized carbons (Fsp3) is 0.952. The summed E-state index contributed by atoms with van der Waals surface area (Å²) in [4.78, 5) is 11.9. The second kappa shape index (κ2) is 16.3. The van der Waals surface area contributed by atoms with Gasteiger partial charge in [-0.2, -0.15) is 0 Å². The van der Waals surface area contributed by atoms with Crippen LogP contribution in [0, 0.1) is 11.8 Å². The molecule has 0 bridgehead atoms. The standard InChI is InChI=1S/C21H42O2/c1-5-7-8-9-10-14-17-20(4)21(22)23-18-15-12-11-13-16-19(3)6-2/h19-20H,5-18H2,1-4H3. The molecule has 0 radical (unpaired) electrons. The van der Waals surface area contributed by atoms with Crippen molar-refractivity contribution in [2.75, 3.05) is 6.61 Å². The first-order valence-corrected chi connectivity index (χ1v) is 10.3. The molecule has 2 unspecified atom stereocenters. The van der Waals surface area contributed by atoms with Crippen molar-refractivity contribution in [3.63, 3.8) is 0 Å². The van der Waals surface area contributed by atoms with Gasteiger partial charge >= 0.3 is 5.97 Å². The Balaban J connectivity index is 3.40. The first kappa shape index (κ1) is 22.5. The van der Waals surface area contributed by atoms with E-state index in [0.29, 0.717) is 6.61 Å². The quantitative estimate of drug-likeness (QED) is 0.227. The van der Waals surface area contributed by atoms with Gasteiger partial charge in [0, 0.05) is 0 Å². The number of carbonyl (C=O) groups excluding carboxylic acids is 1. The molecule has 0 heterocycles. The maximum absolute atomic E-state index is 11.9. The minimum absolute atomic E-state index is 0.0122. The lowest BCUT2D eigenvalue weighted by Gasteiger charge is -2.11. The average Bonchev–Trinajstić information content (AvgIpc) is 2.56. The number of rotatable bonds is 16. The molecule has 0 amide bonds. The molecule has 0 aliphatic heterocycles. The van der Waals surface area contributed by atoms with E-state index >= 15 is 0 Å². The predicted molar refractivity (Wildman–Crippen MR) is 101 cm³/mol. The molecule has 0 aliphatic carbocycles. The van der Waals surface area contributed by atoms with Crippen molar-refractivity contribution in [2.24, 2.45) is 11.8 Å². The maximum Gasteiger partial charge on any atom is 0.308 e. The molecule has 23 heavy (non-hydrogen) atoms. The third-order valence-corrected chi connectivity index (χ3v) is 4.93. The molecule has 2 atom stereocenters. The van der Waals surface area contributed by atoms with E-state index in [-0.39, 0.29) is 11.9 Å². The predicted octanol–water partition coefficient (Wildman–Crippen LogP) is 6.91. The summed E-state index contributed by atoms with van der Waals surface area (Å²) in [6.07, 6.45) is 16.1. The Hall–Kier alpha value is -0.530. The van der Waals surface area contributed by atoms with Gasteiger partial charge in [0.2, 0.25) is 0 Å². The van der Waals surface area contributed by atoms with Crippen LogP contribution < -0.4 is 0 Å². The molecule has 2 heteroatoms. The number of esters is 1. The smallest absolute Gasteiger partial charge is 0.308 e. The topological polar surface area (TPSA) is 26.3 Å². The molecule has 0 saturated carbocycles. The number of carbonyl (C=O) groups is 1. The van der Waals surface area contributed by atoms with Gasteiger partial charge in [-0.15, -0.1) is 0 Å². The third-order valence-electron chi connectivity index (χ3n) is 4.93. The second-order valence-electron chi connectivity index (χ2n) is 7.34. The van der Waals surface area contributed by atoms with Crippen LogP contribution in [0.25, 0.3) is 0 Å². The van der Waals surface area contributed by atoms with E-state index in [4.69, 9.17) is 4.74 Å². The normalized spacial score (nSPS) is 13.7. The molecule has 0 aliphatic rings. The maximum atomic E-state index is 11.9. The Morgan fingerprint density at radius 2 is 1.35 bits per heavy atom. The Morgan fingerprint density at radius 3 is 2.00 bits per heavy atom. The van der Waals surface area contributed by atoms with E-state index in [1.807, 2.05) is 6.92 Å². The largest absolute Gasteiger partial charge is 0.465 e. The van der Waals surface area contributed by atoms with Crippen LogP contribution in [0.15, 0.2) is 0 Å². The van der Waals surface area contributed by atoms with Crippen LogP contribution >= 0.6 is 0 Å². The lowest BCUT2D eigenvalue weighted by atomic mass is 10.0. The van der Waals surface area contributed by atoms with Crippen molar-refractivity contribution < 1.29 is 9.53 Å². The monoisotopic (exact) mass is 326 g/mol. The highest BCUT2D eigenvalue weighted by atomic mass is 16.5. The average molecular weight is 327 g/mol. The zero-order valence-corrected chi connectivity index (χ0v) is 16.4. The molecule has 2 nitrogen and oxygen atoms in total. The van der Waals surface area contributed by atoms with Gasteiger partial charge in [0.05, 0.1) is 12.5 Å². The fourth-order valence-corrected chi connectivity index (χ4v) is 2.82. The molecule has 0 fully saturated rings. The van der Waals surface area contributed by atoms with E-state index in [1.54, 1.807) is 0 Å². The SMILES string of the molecule is CCCCCCCCC(C)C(=O)OCCCCCCC(C)CC. The highest BCUT2D eigenvalue weighted by molar-refractivity contribution is 5.71. The first-order valence-electron chi connectivity index (χ1n) is 10.3. The molecule has 0 aromatic rings. The number of hydrogen-bond acceptors (Lipinski definition) is 2. The van der Waals surface area contributed by atoms with E-state index < -0.39 is 0 Å². The van der Waals surface area contributed by atoms with Crippen molar-refractivity contribution >= 4 is 5.97 Å². The molecule has 0 rings (SSSR count). The second-order valence-corrected chi connectivity index (χ2v) is 7.34. The summed E-state index contributed by atoms with van der Waals surface area (Å²) in [6.45, 7) is 9.46. The Labute approximate surface area is 145 Å². The molecule has 0 spiro atoms. The first-order chi connectivity index (χ1) is 11.1. The van der Waals surface area contributed by atoms with Crippen molar-refractivity contribution in [1.82, 2.24) is 0 Å². The number of hydrogen-bond donors (Lipinski definition) is 0. The summed E-state index contributed by atoms with van der Waals surface area (Å²) in [7, 11) is 0. The fourth-order valence-electron chi connectivity index (χ4n) is 2.82. The minimum Gasteiger partial charge on any atom is -0.465 e. The molecular formula is C21H42O2. The van der Waals surface area contributed by atoms with Gasteiger partial charge in [0.15, 0.2) is 0 Å². The molecule has 0 aromatic heterocycles. The van der Waals surface area contributed by atoms with Crippen molar-refractivity contribution in [3.05, 3.63) is 0 Å². The number of unbranched alkanes of at least 4 members (excludes halogenated alkanes) is 8. The summed E-state index contributed by atoms with van der Waals surface area (Å²) < 4.78 is 5.41. The van der Waals surface area contributed by atoms with Crippen LogP contribution in [-0.2, 0) is 9.53 Å². The minimum atomic E-state index is 0.0122. The molecule has 0 aromatic carbocycles. The summed E-state index contributed by atoms with van der Waals surface area (Å²) in [5, 5.41) is 0. The van der Waals surface area contributed by atoms with Crippen molar-refractivity contribution in [1.29, 1.82) is 0 Å². The summed E-state index contributed by atoms with van der Waals surface area (Å²) >= 11 is 0. The highest BCUT2D eigenvalue weighted by Gasteiger charge is 2.13. The molecular weight excluding hydrogens is 284 g/mol. The van der Waals surface area contributed by atoms with Crippen LogP contribution in [0.3, 0.4) is 0 Å². The summed E-state index contributed by atoms with van der Waals surface area (Å²) in [6, 6.07) is 0. The van der Waals surface area contributed by atoms with Gasteiger partial charge in [-0.25, -0.2) is 0 Å². The van der Waals surface area contributed by atoms with Gasteiger partial charge in [-0.3, -0.25) is 4.79 Å². The van der Waals surface area contributed by atoms with Gasteiger partial charge in [0.25, 0.3) is 0 Å². The zero-order valence-electron chi connectivity index (χ0n) is 16.4. The van der Waals surface area contributed by atoms with Crippen molar-refractivity contribution in [3.8, 4) is 0 Å². The van der Waals surface area contributed by atoms with Crippen molar-refractivity contribution in [2.45, 2.75) is 111 Å². The summed E-state index contributed by atoms with van der Waals surface area (Å²) in [5.74, 6) is 0.945. The van der Waals surface area contributed by atoms with E-state index in [2.05, 4.69) is 20.8 Å². The Kier molecular flexibility index (Phi) is 16.0. The van der Waals surface area contributed by atoms with E-state index in [1.165, 1.54) is 64.2 Å². The van der Waals surface area contributed by atoms with Crippen LogP contribution in [0.2, 0.25) is 0 Å². The van der Waals surface area contributed by atoms with Gasteiger partial charge in [-0.05, 0) is 18.8 Å². The van der Waals surface area contributed by atoms with Crippen LogP contribution in [-0.4, -0.2) is 12.6 Å².